The van der Waals surface area contributed by atoms with Gasteiger partial charge in [0.2, 0.25) is 0 Å². The molecular formula is C8H12N2O. The number of Topliss-reactive ketones (excluding diaryl/α,β-unsaturated/α-hetero) is 1. The number of aromatic amines is 1. The van der Waals surface area contributed by atoms with Crippen molar-refractivity contribution in [1.29, 1.82) is 0 Å². The average Bonchev–Trinajstić information content (AvgIpc) is 2.31. The van der Waals surface area contributed by atoms with Crippen LogP contribution in [0.2, 0.25) is 0 Å². The Labute approximate surface area is 65.8 Å². The minimum absolute atomic E-state index is 0.207. The molecule has 0 fully saturated rings. The van der Waals surface area contributed by atoms with Gasteiger partial charge in [0.25, 0.3) is 0 Å². The Morgan fingerprint density at radius 3 is 2.91 bits per heavy atom. The number of aryl methyl sites for hydroxylation is 2. The summed E-state index contributed by atoms with van der Waals surface area (Å²) in [5.74, 6) is 1.11. The summed E-state index contributed by atoms with van der Waals surface area (Å²) < 4.78 is 0. The van der Waals surface area contributed by atoms with Gasteiger partial charge in [-0.25, -0.2) is 4.98 Å². The first-order valence-corrected chi connectivity index (χ1v) is 3.68. The third-order valence-corrected chi connectivity index (χ3v) is 1.47. The van der Waals surface area contributed by atoms with Crippen molar-refractivity contribution in [1.82, 2.24) is 9.97 Å². The zero-order valence-electron chi connectivity index (χ0n) is 6.85. The van der Waals surface area contributed by atoms with Gasteiger partial charge in [-0.1, -0.05) is 0 Å². The zero-order valence-corrected chi connectivity index (χ0v) is 6.85. The van der Waals surface area contributed by atoms with Crippen LogP contribution in [0.1, 0.15) is 24.9 Å². The van der Waals surface area contributed by atoms with E-state index < -0.39 is 0 Å². The molecule has 0 aliphatic rings. The fourth-order valence-electron chi connectivity index (χ4n) is 0.888. The molecule has 1 N–H and O–H groups in total. The number of ketones is 1. The molecular weight excluding hydrogens is 140 g/mol. The van der Waals surface area contributed by atoms with Crippen LogP contribution < -0.4 is 0 Å². The molecule has 1 rings (SSSR count). The maximum atomic E-state index is 10.6. The Morgan fingerprint density at radius 1 is 1.73 bits per heavy atom. The fourth-order valence-corrected chi connectivity index (χ4v) is 0.888. The van der Waals surface area contributed by atoms with E-state index in [2.05, 4.69) is 9.97 Å². The maximum Gasteiger partial charge on any atom is 0.130 e. The maximum absolute atomic E-state index is 10.6. The van der Waals surface area contributed by atoms with E-state index in [1.54, 1.807) is 13.1 Å². The van der Waals surface area contributed by atoms with Crippen LogP contribution in [-0.2, 0) is 11.2 Å². The third kappa shape index (κ3) is 2.53. The summed E-state index contributed by atoms with van der Waals surface area (Å²) >= 11 is 0. The van der Waals surface area contributed by atoms with Crippen LogP contribution in [0, 0.1) is 6.92 Å². The lowest BCUT2D eigenvalue weighted by atomic mass is 10.2. The highest BCUT2D eigenvalue weighted by molar-refractivity contribution is 5.75. The third-order valence-electron chi connectivity index (χ3n) is 1.47. The summed E-state index contributed by atoms with van der Waals surface area (Å²) in [6.07, 6.45) is 3.07. The SMILES string of the molecule is CC(=O)CCc1ncc(C)[nH]1. The molecule has 1 aromatic heterocycles. The molecule has 0 bridgehead atoms. The standard InChI is InChI=1S/C8H12N2O/c1-6-5-9-8(10-6)4-3-7(2)11/h5H,3-4H2,1-2H3,(H,9,10). The first-order valence-electron chi connectivity index (χ1n) is 3.68. The number of H-pyrrole nitrogens is 1. The van der Waals surface area contributed by atoms with Crippen LogP contribution in [0.5, 0.6) is 0 Å². The largest absolute Gasteiger partial charge is 0.346 e. The second-order valence-corrected chi connectivity index (χ2v) is 2.71. The highest BCUT2D eigenvalue weighted by atomic mass is 16.1. The highest BCUT2D eigenvalue weighted by Crippen LogP contribution is 1.98. The van der Waals surface area contributed by atoms with Gasteiger partial charge in [-0.15, -0.1) is 0 Å². The number of aromatic nitrogens is 2. The van der Waals surface area contributed by atoms with Crippen molar-refractivity contribution in [3.05, 3.63) is 17.7 Å². The van der Waals surface area contributed by atoms with E-state index >= 15 is 0 Å². The molecule has 0 saturated carbocycles. The van der Waals surface area contributed by atoms with E-state index in [4.69, 9.17) is 0 Å². The molecule has 0 aliphatic heterocycles. The van der Waals surface area contributed by atoms with E-state index in [9.17, 15) is 4.79 Å². The van der Waals surface area contributed by atoms with Crippen molar-refractivity contribution >= 4 is 5.78 Å². The van der Waals surface area contributed by atoms with E-state index in [1.807, 2.05) is 6.92 Å². The van der Waals surface area contributed by atoms with Gasteiger partial charge in [0.1, 0.15) is 11.6 Å². The van der Waals surface area contributed by atoms with Gasteiger partial charge in [0, 0.05) is 24.7 Å². The number of hydrogen-bond donors (Lipinski definition) is 1. The summed E-state index contributed by atoms with van der Waals surface area (Å²) in [6, 6.07) is 0. The summed E-state index contributed by atoms with van der Waals surface area (Å²) in [7, 11) is 0. The number of imidazole rings is 1. The van der Waals surface area contributed by atoms with Crippen LogP contribution >= 0.6 is 0 Å². The predicted molar refractivity (Wildman–Crippen MR) is 42.3 cm³/mol. The topological polar surface area (TPSA) is 45.8 Å². The van der Waals surface area contributed by atoms with Crippen LogP contribution in [0.15, 0.2) is 6.20 Å². The molecule has 0 amide bonds. The summed E-state index contributed by atoms with van der Waals surface area (Å²) in [4.78, 5) is 17.7. The van der Waals surface area contributed by atoms with Gasteiger partial charge in [-0.05, 0) is 13.8 Å². The molecule has 3 nitrogen and oxygen atoms in total. The number of rotatable bonds is 3. The molecule has 0 aliphatic carbocycles. The van der Waals surface area contributed by atoms with Crippen LogP contribution in [0.25, 0.3) is 0 Å². The molecule has 0 unspecified atom stereocenters. The van der Waals surface area contributed by atoms with Crippen LogP contribution in [0.4, 0.5) is 0 Å². The Balaban J connectivity index is 2.45. The fraction of sp³-hybridized carbons (Fsp3) is 0.500. The van der Waals surface area contributed by atoms with Crippen molar-refractivity contribution in [3.63, 3.8) is 0 Å². The van der Waals surface area contributed by atoms with Gasteiger partial charge < -0.3 is 9.78 Å². The van der Waals surface area contributed by atoms with E-state index in [0.29, 0.717) is 6.42 Å². The lowest BCUT2D eigenvalue weighted by Crippen LogP contribution is -1.95. The molecule has 0 radical (unpaired) electrons. The van der Waals surface area contributed by atoms with Crippen LogP contribution in [0.3, 0.4) is 0 Å². The van der Waals surface area contributed by atoms with E-state index in [0.717, 1.165) is 17.9 Å². The molecule has 0 spiro atoms. The van der Waals surface area contributed by atoms with Gasteiger partial charge in [0.15, 0.2) is 0 Å². The number of carbonyl (C=O) groups is 1. The van der Waals surface area contributed by atoms with Gasteiger partial charge in [-0.2, -0.15) is 0 Å². The van der Waals surface area contributed by atoms with Crippen molar-refractivity contribution in [2.24, 2.45) is 0 Å². The first kappa shape index (κ1) is 7.98. The van der Waals surface area contributed by atoms with Crippen LogP contribution in [-0.4, -0.2) is 15.8 Å². The van der Waals surface area contributed by atoms with E-state index in [-0.39, 0.29) is 5.78 Å². The van der Waals surface area contributed by atoms with Crippen molar-refractivity contribution in [2.75, 3.05) is 0 Å². The van der Waals surface area contributed by atoms with Crippen molar-refractivity contribution in [2.45, 2.75) is 26.7 Å². The Kier molecular flexibility index (Phi) is 2.41. The summed E-state index contributed by atoms with van der Waals surface area (Å²) in [5.41, 5.74) is 1.04. The second-order valence-electron chi connectivity index (χ2n) is 2.71. The number of carbonyl (C=O) groups excluding carboxylic acids is 1. The van der Waals surface area contributed by atoms with Crippen molar-refractivity contribution < 1.29 is 4.79 Å². The molecule has 0 saturated heterocycles. The quantitative estimate of drug-likeness (QED) is 0.708. The molecule has 0 aromatic carbocycles. The summed E-state index contributed by atoms with van der Waals surface area (Å²) in [6.45, 7) is 3.54. The molecule has 0 atom stereocenters. The lowest BCUT2D eigenvalue weighted by Gasteiger charge is -1.91. The smallest absolute Gasteiger partial charge is 0.130 e. The van der Waals surface area contributed by atoms with Gasteiger partial charge >= 0.3 is 0 Å². The zero-order chi connectivity index (χ0) is 8.27. The number of nitrogens with one attached hydrogen (secondary N) is 1. The average molecular weight is 152 g/mol. The monoisotopic (exact) mass is 152 g/mol. The molecule has 60 valence electrons. The summed E-state index contributed by atoms with van der Waals surface area (Å²) in [5, 5.41) is 0. The predicted octanol–water partition coefficient (Wildman–Crippen LogP) is 1.24. The Bertz CT molecular complexity index is 252. The minimum atomic E-state index is 0.207. The Morgan fingerprint density at radius 2 is 2.45 bits per heavy atom. The number of hydrogen-bond acceptors (Lipinski definition) is 2. The molecule has 3 heteroatoms. The Hall–Kier alpha value is -1.12. The van der Waals surface area contributed by atoms with Gasteiger partial charge in [-0.3, -0.25) is 0 Å². The first-order chi connectivity index (χ1) is 5.18. The molecule has 1 aromatic rings. The van der Waals surface area contributed by atoms with Crippen molar-refractivity contribution in [3.8, 4) is 0 Å². The molecule has 11 heavy (non-hydrogen) atoms. The highest BCUT2D eigenvalue weighted by Gasteiger charge is 1.98. The normalized spacial score (nSPS) is 10.0. The minimum Gasteiger partial charge on any atom is -0.346 e. The lowest BCUT2D eigenvalue weighted by molar-refractivity contribution is -0.117. The van der Waals surface area contributed by atoms with Gasteiger partial charge in [0.05, 0.1) is 0 Å². The molecule has 1 heterocycles. The van der Waals surface area contributed by atoms with E-state index in [1.165, 1.54) is 0 Å². The second kappa shape index (κ2) is 3.32. The number of nitrogens with zero attached hydrogens (tertiary/aromatic N) is 1.